The second kappa shape index (κ2) is 5.14. The Hall–Kier alpha value is -1.95. The summed E-state index contributed by atoms with van der Waals surface area (Å²) in [6.45, 7) is 0. The van der Waals surface area contributed by atoms with Crippen molar-refractivity contribution in [3.63, 3.8) is 0 Å². The molecule has 0 saturated heterocycles. The van der Waals surface area contributed by atoms with Gasteiger partial charge in [-0.05, 0) is 29.9 Å². The van der Waals surface area contributed by atoms with Crippen LogP contribution in [0.15, 0.2) is 24.3 Å². The van der Waals surface area contributed by atoms with Crippen molar-refractivity contribution in [3.8, 4) is 0 Å². The van der Waals surface area contributed by atoms with Gasteiger partial charge in [0, 0.05) is 6.42 Å². The number of hydrogen-bond acceptors (Lipinski definition) is 3. The molecule has 2 rings (SSSR count). The van der Waals surface area contributed by atoms with Crippen LogP contribution in [0.4, 0.5) is 4.39 Å². The van der Waals surface area contributed by atoms with Gasteiger partial charge in [-0.15, -0.1) is 0 Å². The summed E-state index contributed by atoms with van der Waals surface area (Å²) in [5, 5.41) is 0. The van der Waals surface area contributed by atoms with Crippen molar-refractivity contribution in [1.82, 2.24) is 9.97 Å². The van der Waals surface area contributed by atoms with Gasteiger partial charge in [-0.3, -0.25) is 0 Å². The standard InChI is InChI=1S/C12H11FN2O2S/c1-17-11(16)10-9(14-12(18)15-10)6-7-3-2-4-8(13)5-7/h2-5H,6H2,1H3,(H2,14,15,18). The molecule has 0 saturated carbocycles. The van der Waals surface area contributed by atoms with Gasteiger partial charge in [0.2, 0.25) is 0 Å². The first-order valence-corrected chi connectivity index (χ1v) is 5.65. The minimum absolute atomic E-state index is 0.270. The Morgan fingerprint density at radius 1 is 1.44 bits per heavy atom. The van der Waals surface area contributed by atoms with E-state index in [2.05, 4.69) is 14.7 Å². The number of imidazole rings is 1. The molecule has 0 aliphatic carbocycles. The minimum Gasteiger partial charge on any atom is -0.464 e. The van der Waals surface area contributed by atoms with Crippen LogP contribution in [0, 0.1) is 10.6 Å². The number of carbonyl (C=O) groups is 1. The van der Waals surface area contributed by atoms with Crippen molar-refractivity contribution >= 4 is 18.2 Å². The zero-order valence-electron chi connectivity index (χ0n) is 9.62. The Balaban J connectivity index is 2.34. The van der Waals surface area contributed by atoms with Crippen LogP contribution in [-0.2, 0) is 11.2 Å². The number of carbonyl (C=O) groups excluding carboxylic acids is 1. The van der Waals surface area contributed by atoms with Gasteiger partial charge in [-0.25, -0.2) is 9.18 Å². The summed E-state index contributed by atoms with van der Waals surface area (Å²) in [5.74, 6) is -0.824. The highest BCUT2D eigenvalue weighted by Crippen LogP contribution is 2.13. The van der Waals surface area contributed by atoms with Gasteiger partial charge in [0.25, 0.3) is 0 Å². The molecule has 1 aromatic heterocycles. The zero-order chi connectivity index (χ0) is 13.1. The topological polar surface area (TPSA) is 57.9 Å². The van der Waals surface area contributed by atoms with E-state index in [4.69, 9.17) is 12.2 Å². The van der Waals surface area contributed by atoms with Crippen molar-refractivity contribution in [1.29, 1.82) is 0 Å². The van der Waals surface area contributed by atoms with E-state index >= 15 is 0 Å². The summed E-state index contributed by atoms with van der Waals surface area (Å²) < 4.78 is 18.0. The summed E-state index contributed by atoms with van der Waals surface area (Å²) in [6.07, 6.45) is 0.370. The first-order chi connectivity index (χ1) is 8.60. The van der Waals surface area contributed by atoms with Gasteiger partial charge >= 0.3 is 5.97 Å². The summed E-state index contributed by atoms with van der Waals surface area (Å²) in [4.78, 5) is 17.1. The number of aromatic amines is 2. The van der Waals surface area contributed by atoms with Crippen molar-refractivity contribution in [2.75, 3.05) is 7.11 Å². The van der Waals surface area contributed by atoms with E-state index in [1.54, 1.807) is 12.1 Å². The van der Waals surface area contributed by atoms with Gasteiger partial charge in [0.1, 0.15) is 11.5 Å². The highest BCUT2D eigenvalue weighted by molar-refractivity contribution is 7.71. The molecule has 6 heteroatoms. The fourth-order valence-corrected chi connectivity index (χ4v) is 1.90. The van der Waals surface area contributed by atoms with Crippen molar-refractivity contribution in [2.45, 2.75) is 6.42 Å². The SMILES string of the molecule is COC(=O)c1[nH]c(=S)[nH]c1Cc1cccc(F)c1. The maximum atomic E-state index is 13.1. The lowest BCUT2D eigenvalue weighted by Crippen LogP contribution is -2.06. The van der Waals surface area contributed by atoms with Crippen LogP contribution in [0.3, 0.4) is 0 Å². The first kappa shape index (κ1) is 12.5. The van der Waals surface area contributed by atoms with E-state index in [1.165, 1.54) is 19.2 Å². The predicted octanol–water partition coefficient (Wildman–Crippen LogP) is 2.59. The predicted molar refractivity (Wildman–Crippen MR) is 66.5 cm³/mol. The molecule has 0 bridgehead atoms. The van der Waals surface area contributed by atoms with Gasteiger partial charge in [-0.2, -0.15) is 0 Å². The van der Waals surface area contributed by atoms with Crippen molar-refractivity contribution in [3.05, 3.63) is 51.8 Å². The lowest BCUT2D eigenvalue weighted by Gasteiger charge is -2.02. The molecule has 4 nitrogen and oxygen atoms in total. The number of halogens is 1. The summed E-state index contributed by atoms with van der Waals surface area (Å²) in [7, 11) is 1.29. The number of hydrogen-bond donors (Lipinski definition) is 2. The third-order valence-electron chi connectivity index (χ3n) is 2.46. The Morgan fingerprint density at radius 3 is 2.89 bits per heavy atom. The second-order valence-electron chi connectivity index (χ2n) is 3.73. The van der Waals surface area contributed by atoms with Crippen molar-refractivity contribution in [2.24, 2.45) is 0 Å². The van der Waals surface area contributed by atoms with E-state index < -0.39 is 5.97 Å². The van der Waals surface area contributed by atoms with E-state index in [0.29, 0.717) is 16.9 Å². The number of benzene rings is 1. The number of aromatic nitrogens is 2. The van der Waals surface area contributed by atoms with Crippen LogP contribution in [-0.4, -0.2) is 23.0 Å². The number of nitrogens with one attached hydrogen (secondary N) is 2. The molecule has 0 atom stereocenters. The maximum absolute atomic E-state index is 13.1. The fourth-order valence-electron chi connectivity index (χ4n) is 1.68. The highest BCUT2D eigenvalue weighted by atomic mass is 32.1. The van der Waals surface area contributed by atoms with Crippen LogP contribution >= 0.6 is 12.2 Å². The third kappa shape index (κ3) is 2.65. The van der Waals surface area contributed by atoms with Gasteiger partial charge < -0.3 is 14.7 Å². The Bertz CT molecular complexity index is 633. The molecular formula is C12H11FN2O2S. The molecule has 18 heavy (non-hydrogen) atoms. The number of methoxy groups -OCH3 is 1. The summed E-state index contributed by atoms with van der Waals surface area (Å²) >= 11 is 4.94. The number of H-pyrrole nitrogens is 2. The van der Waals surface area contributed by atoms with E-state index in [9.17, 15) is 9.18 Å². The van der Waals surface area contributed by atoms with Crippen LogP contribution in [0.25, 0.3) is 0 Å². The van der Waals surface area contributed by atoms with Crippen molar-refractivity contribution < 1.29 is 13.9 Å². The van der Waals surface area contributed by atoms with Gasteiger partial charge in [0.05, 0.1) is 12.8 Å². The molecule has 0 fully saturated rings. The van der Waals surface area contributed by atoms with Gasteiger partial charge in [0.15, 0.2) is 4.77 Å². The number of esters is 1. The summed E-state index contributed by atoms with van der Waals surface area (Å²) in [6, 6.07) is 6.16. The van der Waals surface area contributed by atoms with Crippen LogP contribution in [0.2, 0.25) is 0 Å². The molecule has 1 heterocycles. The largest absolute Gasteiger partial charge is 0.464 e. The Kier molecular flexibility index (Phi) is 3.57. The highest BCUT2D eigenvalue weighted by Gasteiger charge is 2.15. The van der Waals surface area contributed by atoms with Crippen LogP contribution in [0.1, 0.15) is 21.7 Å². The van der Waals surface area contributed by atoms with Crippen LogP contribution < -0.4 is 0 Å². The lowest BCUT2D eigenvalue weighted by molar-refractivity contribution is 0.0593. The van der Waals surface area contributed by atoms with E-state index in [0.717, 1.165) is 5.56 Å². The average Bonchev–Trinajstić information content (AvgIpc) is 2.69. The maximum Gasteiger partial charge on any atom is 0.356 e. The monoisotopic (exact) mass is 266 g/mol. The quantitative estimate of drug-likeness (QED) is 0.663. The molecule has 1 aromatic carbocycles. The Morgan fingerprint density at radius 2 is 2.22 bits per heavy atom. The second-order valence-corrected chi connectivity index (χ2v) is 4.14. The molecule has 0 aliphatic heterocycles. The van der Waals surface area contributed by atoms with Crippen LogP contribution in [0.5, 0.6) is 0 Å². The smallest absolute Gasteiger partial charge is 0.356 e. The molecule has 0 aliphatic rings. The molecule has 0 unspecified atom stereocenters. The minimum atomic E-state index is -0.506. The van der Waals surface area contributed by atoms with E-state index in [1.807, 2.05) is 0 Å². The molecular weight excluding hydrogens is 255 g/mol. The molecule has 0 radical (unpaired) electrons. The zero-order valence-corrected chi connectivity index (χ0v) is 10.4. The molecule has 0 amide bonds. The summed E-state index contributed by atoms with van der Waals surface area (Å²) in [5.41, 5.74) is 1.59. The molecule has 2 aromatic rings. The number of ether oxygens (including phenoxy) is 1. The first-order valence-electron chi connectivity index (χ1n) is 5.24. The fraction of sp³-hybridized carbons (Fsp3) is 0.167. The third-order valence-corrected chi connectivity index (χ3v) is 2.67. The molecule has 94 valence electrons. The molecule has 2 N–H and O–H groups in total. The number of rotatable bonds is 3. The lowest BCUT2D eigenvalue weighted by atomic mass is 10.1. The van der Waals surface area contributed by atoms with Gasteiger partial charge in [-0.1, -0.05) is 12.1 Å². The van der Waals surface area contributed by atoms with E-state index in [-0.39, 0.29) is 11.5 Å². The Labute approximate surface area is 108 Å². The average molecular weight is 266 g/mol. The normalized spacial score (nSPS) is 10.3. The molecule has 0 spiro atoms.